The van der Waals surface area contributed by atoms with E-state index in [-0.39, 0.29) is 0 Å². The third kappa shape index (κ3) is 2.47. The highest BCUT2D eigenvalue weighted by Gasteiger charge is 2.41. The molecule has 1 aromatic heterocycles. The Morgan fingerprint density at radius 2 is 2.44 bits per heavy atom. The second kappa shape index (κ2) is 4.59. The van der Waals surface area contributed by atoms with E-state index in [1.807, 2.05) is 23.9 Å². The summed E-state index contributed by atoms with van der Waals surface area (Å²) in [4.78, 5) is 4.53. The fourth-order valence-electron chi connectivity index (χ4n) is 1.59. The number of nitrogens with two attached hydrogens (primary N) is 1. The second-order valence-corrected chi connectivity index (χ2v) is 5.72. The van der Waals surface area contributed by atoms with Crippen LogP contribution in [0.3, 0.4) is 0 Å². The molecule has 1 aliphatic carbocycles. The van der Waals surface area contributed by atoms with Gasteiger partial charge in [0.25, 0.3) is 0 Å². The molecule has 3 N–H and O–H groups in total. The van der Waals surface area contributed by atoms with E-state index in [0.29, 0.717) is 15.4 Å². The Kier molecular flexibility index (Phi) is 3.35. The predicted molar refractivity (Wildman–Crippen MR) is 74.1 cm³/mol. The largest absolute Gasteiger partial charge is 0.388 e. The summed E-state index contributed by atoms with van der Waals surface area (Å²) < 4.78 is 0.420. The highest BCUT2D eigenvalue weighted by molar-refractivity contribution is 8.00. The number of anilines is 1. The molecule has 0 unspecified atom stereocenters. The fraction of sp³-hybridized carbons (Fsp3) is 0.455. The standard InChI is InChI=1S/C11H15N3S2/c1-16-11(4-5-11)7-14-8-3-2-6-13-9(8)10(12)15/h2-3,6,14H,4-5,7H2,1H3,(H2,12,15). The van der Waals surface area contributed by atoms with Gasteiger partial charge in [0.1, 0.15) is 10.7 Å². The van der Waals surface area contributed by atoms with Gasteiger partial charge in [-0.15, -0.1) is 0 Å². The van der Waals surface area contributed by atoms with Gasteiger partial charge >= 0.3 is 0 Å². The molecule has 0 atom stereocenters. The maximum atomic E-state index is 5.63. The lowest BCUT2D eigenvalue weighted by molar-refractivity contribution is 0.947. The Morgan fingerprint density at radius 1 is 1.69 bits per heavy atom. The first-order chi connectivity index (χ1) is 7.67. The van der Waals surface area contributed by atoms with Crippen LogP contribution in [-0.4, -0.2) is 27.5 Å². The highest BCUT2D eigenvalue weighted by Crippen LogP contribution is 2.47. The van der Waals surface area contributed by atoms with Crippen LogP contribution in [0.5, 0.6) is 0 Å². The Labute approximate surface area is 105 Å². The van der Waals surface area contributed by atoms with E-state index >= 15 is 0 Å². The number of hydrogen-bond donors (Lipinski definition) is 2. The van der Waals surface area contributed by atoms with Crippen molar-refractivity contribution in [3.8, 4) is 0 Å². The number of thiocarbonyl (C=S) groups is 1. The van der Waals surface area contributed by atoms with E-state index < -0.39 is 0 Å². The summed E-state index contributed by atoms with van der Waals surface area (Å²) in [6, 6.07) is 3.86. The summed E-state index contributed by atoms with van der Waals surface area (Å²) >= 11 is 6.90. The Morgan fingerprint density at radius 3 is 3.00 bits per heavy atom. The minimum absolute atomic E-state index is 0.345. The van der Waals surface area contributed by atoms with E-state index in [1.54, 1.807) is 6.20 Å². The third-order valence-electron chi connectivity index (χ3n) is 2.88. The van der Waals surface area contributed by atoms with Crippen molar-refractivity contribution in [2.24, 2.45) is 5.73 Å². The summed E-state index contributed by atoms with van der Waals surface area (Å²) in [5.41, 5.74) is 7.26. The fourth-order valence-corrected chi connectivity index (χ4v) is 2.48. The van der Waals surface area contributed by atoms with Crippen molar-refractivity contribution >= 4 is 34.7 Å². The Balaban J connectivity index is 2.06. The van der Waals surface area contributed by atoms with Crippen LogP contribution >= 0.6 is 24.0 Å². The molecular formula is C11H15N3S2. The predicted octanol–water partition coefficient (Wildman–Crippen LogP) is 2.02. The van der Waals surface area contributed by atoms with Gasteiger partial charge in [-0.2, -0.15) is 11.8 Å². The first kappa shape index (κ1) is 11.7. The molecule has 0 amide bonds. The molecule has 0 saturated heterocycles. The summed E-state index contributed by atoms with van der Waals surface area (Å²) in [6.45, 7) is 0.954. The van der Waals surface area contributed by atoms with Crippen LogP contribution in [0.15, 0.2) is 18.3 Å². The van der Waals surface area contributed by atoms with Gasteiger partial charge in [-0.3, -0.25) is 4.98 Å². The van der Waals surface area contributed by atoms with Gasteiger partial charge in [0.2, 0.25) is 0 Å². The number of hydrogen-bond acceptors (Lipinski definition) is 4. The van der Waals surface area contributed by atoms with Crippen molar-refractivity contribution in [2.45, 2.75) is 17.6 Å². The Bertz CT molecular complexity index is 402. The minimum Gasteiger partial charge on any atom is -0.388 e. The molecule has 0 aromatic carbocycles. The van der Waals surface area contributed by atoms with Crippen LogP contribution in [0.4, 0.5) is 5.69 Å². The topological polar surface area (TPSA) is 50.9 Å². The molecule has 1 saturated carbocycles. The van der Waals surface area contributed by atoms with Gasteiger partial charge in [0, 0.05) is 17.5 Å². The first-order valence-corrected chi connectivity index (χ1v) is 6.84. The summed E-state index contributed by atoms with van der Waals surface area (Å²) in [5.74, 6) is 0. The molecule has 0 bridgehead atoms. The molecule has 0 spiro atoms. The van der Waals surface area contributed by atoms with Gasteiger partial charge < -0.3 is 11.1 Å². The van der Waals surface area contributed by atoms with Crippen molar-refractivity contribution in [2.75, 3.05) is 18.1 Å². The number of aromatic nitrogens is 1. The third-order valence-corrected chi connectivity index (χ3v) is 4.49. The molecule has 1 fully saturated rings. The number of rotatable bonds is 5. The summed E-state index contributed by atoms with van der Waals surface area (Å²) in [5, 5.41) is 3.40. The van der Waals surface area contributed by atoms with E-state index in [9.17, 15) is 0 Å². The molecule has 0 radical (unpaired) electrons. The quantitative estimate of drug-likeness (QED) is 0.786. The maximum absolute atomic E-state index is 5.63. The van der Waals surface area contributed by atoms with E-state index in [2.05, 4.69) is 16.6 Å². The van der Waals surface area contributed by atoms with Crippen molar-refractivity contribution in [3.05, 3.63) is 24.0 Å². The monoisotopic (exact) mass is 253 g/mol. The lowest BCUT2D eigenvalue weighted by Gasteiger charge is -2.15. The average molecular weight is 253 g/mol. The van der Waals surface area contributed by atoms with Gasteiger partial charge in [-0.05, 0) is 31.2 Å². The molecule has 3 nitrogen and oxygen atoms in total. The maximum Gasteiger partial charge on any atom is 0.124 e. The summed E-state index contributed by atoms with van der Waals surface area (Å²) in [7, 11) is 0. The van der Waals surface area contributed by atoms with Gasteiger partial charge in [-0.25, -0.2) is 0 Å². The molecule has 1 aromatic rings. The van der Waals surface area contributed by atoms with Crippen LogP contribution < -0.4 is 11.1 Å². The number of nitrogens with one attached hydrogen (secondary N) is 1. The van der Waals surface area contributed by atoms with Crippen molar-refractivity contribution in [1.82, 2.24) is 4.98 Å². The minimum atomic E-state index is 0.345. The van der Waals surface area contributed by atoms with E-state index in [4.69, 9.17) is 18.0 Å². The second-order valence-electron chi connectivity index (χ2n) is 4.00. The Hall–Kier alpha value is -0.810. The van der Waals surface area contributed by atoms with E-state index in [1.165, 1.54) is 12.8 Å². The molecule has 16 heavy (non-hydrogen) atoms. The normalized spacial score (nSPS) is 16.8. The molecular weight excluding hydrogens is 238 g/mol. The van der Waals surface area contributed by atoms with Crippen LogP contribution in [0.2, 0.25) is 0 Å². The zero-order valence-corrected chi connectivity index (χ0v) is 10.8. The molecule has 5 heteroatoms. The van der Waals surface area contributed by atoms with Crippen LogP contribution in [0, 0.1) is 0 Å². The highest BCUT2D eigenvalue weighted by atomic mass is 32.2. The lowest BCUT2D eigenvalue weighted by atomic mass is 10.2. The lowest BCUT2D eigenvalue weighted by Crippen LogP contribution is -2.21. The molecule has 0 aliphatic heterocycles. The van der Waals surface area contributed by atoms with Crippen molar-refractivity contribution < 1.29 is 0 Å². The van der Waals surface area contributed by atoms with Crippen molar-refractivity contribution in [1.29, 1.82) is 0 Å². The SMILES string of the molecule is CSC1(CNc2cccnc2C(N)=S)CC1. The van der Waals surface area contributed by atoms with Gasteiger partial charge in [0.05, 0.1) is 5.69 Å². The van der Waals surface area contributed by atoms with Crippen LogP contribution in [-0.2, 0) is 0 Å². The summed E-state index contributed by atoms with van der Waals surface area (Å²) in [6.07, 6.45) is 6.43. The number of nitrogens with zero attached hydrogens (tertiary/aromatic N) is 1. The van der Waals surface area contributed by atoms with Crippen LogP contribution in [0.25, 0.3) is 0 Å². The molecule has 1 heterocycles. The molecule has 1 aliphatic rings. The van der Waals surface area contributed by atoms with Gasteiger partial charge in [0.15, 0.2) is 0 Å². The molecule has 2 rings (SSSR count). The van der Waals surface area contributed by atoms with E-state index in [0.717, 1.165) is 12.2 Å². The van der Waals surface area contributed by atoms with Crippen molar-refractivity contribution in [3.63, 3.8) is 0 Å². The first-order valence-electron chi connectivity index (χ1n) is 5.21. The van der Waals surface area contributed by atoms with Crippen LogP contribution in [0.1, 0.15) is 18.5 Å². The zero-order valence-electron chi connectivity index (χ0n) is 9.19. The zero-order chi connectivity index (χ0) is 11.6. The average Bonchev–Trinajstić information content (AvgIpc) is 3.07. The number of thioether (sulfide) groups is 1. The molecule has 86 valence electrons. The van der Waals surface area contributed by atoms with Gasteiger partial charge in [-0.1, -0.05) is 12.2 Å². The smallest absolute Gasteiger partial charge is 0.124 e. The number of pyridine rings is 1.